The van der Waals surface area contributed by atoms with Crippen LogP contribution >= 0.6 is 0 Å². The molecule has 1 rings (SSSR count). The van der Waals surface area contributed by atoms with Crippen molar-refractivity contribution in [3.8, 4) is 0 Å². The van der Waals surface area contributed by atoms with Gasteiger partial charge in [-0.05, 0) is 26.8 Å². The van der Waals surface area contributed by atoms with E-state index in [2.05, 4.69) is 10.3 Å². The van der Waals surface area contributed by atoms with Gasteiger partial charge in [-0.25, -0.2) is 4.79 Å². The highest BCUT2D eigenvalue weighted by Gasteiger charge is 2.21. The number of aliphatic hydroxyl groups excluding tert-OH is 2. The van der Waals surface area contributed by atoms with Crippen LogP contribution in [0, 0.1) is 0 Å². The Labute approximate surface area is 117 Å². The van der Waals surface area contributed by atoms with E-state index in [1.807, 2.05) is 0 Å². The molecule has 2 unspecified atom stereocenters. The summed E-state index contributed by atoms with van der Waals surface area (Å²) in [5.74, 6) is 0. The molecule has 0 saturated carbocycles. The van der Waals surface area contributed by atoms with Crippen LogP contribution in [0.5, 0.6) is 0 Å². The molecule has 0 spiro atoms. The molecule has 2 atom stereocenters. The molecule has 1 heterocycles. The predicted molar refractivity (Wildman–Crippen MR) is 73.9 cm³/mol. The van der Waals surface area contributed by atoms with Crippen molar-refractivity contribution in [2.75, 3.05) is 12.3 Å². The lowest BCUT2D eigenvalue weighted by atomic mass is 10.1. The standard InChI is InChI=1S/C13H21N3O4/c1-13(2,3)20-12(19)16-7-10(17)11(18)8-4-9(14)6-15-5-8/h4-6,10-11,17-18H,7,14H2,1-3H3,(H,16,19). The van der Waals surface area contributed by atoms with Crippen LogP contribution in [0.1, 0.15) is 32.4 Å². The van der Waals surface area contributed by atoms with Gasteiger partial charge in [0.1, 0.15) is 17.8 Å². The minimum absolute atomic E-state index is 0.148. The van der Waals surface area contributed by atoms with Crippen molar-refractivity contribution >= 4 is 11.8 Å². The molecule has 112 valence electrons. The summed E-state index contributed by atoms with van der Waals surface area (Å²) in [4.78, 5) is 15.2. The summed E-state index contributed by atoms with van der Waals surface area (Å²) < 4.78 is 5.02. The van der Waals surface area contributed by atoms with E-state index in [0.29, 0.717) is 11.3 Å². The first kappa shape index (κ1) is 16.2. The molecular formula is C13H21N3O4. The molecule has 20 heavy (non-hydrogen) atoms. The summed E-state index contributed by atoms with van der Waals surface area (Å²) in [7, 11) is 0. The SMILES string of the molecule is CC(C)(C)OC(=O)NCC(O)C(O)c1cncc(N)c1. The second-order valence-electron chi connectivity index (χ2n) is 5.45. The number of nitrogens with zero attached hydrogens (tertiary/aromatic N) is 1. The van der Waals surface area contributed by atoms with Crippen molar-refractivity contribution in [2.45, 2.75) is 38.6 Å². The third-order valence-electron chi connectivity index (χ3n) is 2.34. The van der Waals surface area contributed by atoms with Crippen LogP contribution in [0.25, 0.3) is 0 Å². The van der Waals surface area contributed by atoms with Crippen LogP contribution < -0.4 is 11.1 Å². The zero-order valence-electron chi connectivity index (χ0n) is 11.8. The maximum Gasteiger partial charge on any atom is 0.407 e. The van der Waals surface area contributed by atoms with Crippen LogP contribution in [0.4, 0.5) is 10.5 Å². The molecule has 0 aliphatic heterocycles. The van der Waals surface area contributed by atoms with Gasteiger partial charge in [-0.15, -0.1) is 0 Å². The Hall–Kier alpha value is -1.86. The summed E-state index contributed by atoms with van der Waals surface area (Å²) in [5.41, 5.74) is 5.68. The summed E-state index contributed by atoms with van der Waals surface area (Å²) in [6.07, 6.45) is -0.208. The fraction of sp³-hybridized carbons (Fsp3) is 0.538. The fourth-order valence-corrected chi connectivity index (χ4v) is 1.47. The largest absolute Gasteiger partial charge is 0.444 e. The van der Waals surface area contributed by atoms with Gasteiger partial charge in [-0.1, -0.05) is 0 Å². The number of rotatable bonds is 4. The Bertz CT molecular complexity index is 459. The van der Waals surface area contributed by atoms with Crippen LogP contribution in [0.2, 0.25) is 0 Å². The maximum atomic E-state index is 11.4. The quantitative estimate of drug-likeness (QED) is 0.642. The number of amides is 1. The number of anilines is 1. The summed E-state index contributed by atoms with van der Waals surface area (Å²) in [5, 5.41) is 22.1. The van der Waals surface area contributed by atoms with E-state index in [1.54, 1.807) is 20.8 Å². The first-order valence-electron chi connectivity index (χ1n) is 6.22. The van der Waals surface area contributed by atoms with E-state index in [1.165, 1.54) is 18.5 Å². The van der Waals surface area contributed by atoms with Crippen molar-refractivity contribution in [3.63, 3.8) is 0 Å². The molecule has 0 bridgehead atoms. The van der Waals surface area contributed by atoms with Gasteiger partial charge in [0.05, 0.1) is 5.69 Å². The molecule has 7 heteroatoms. The molecule has 5 N–H and O–H groups in total. The average molecular weight is 283 g/mol. The number of hydrogen-bond acceptors (Lipinski definition) is 6. The number of carbonyl (C=O) groups is 1. The highest BCUT2D eigenvalue weighted by Crippen LogP contribution is 2.17. The Morgan fingerprint density at radius 1 is 1.45 bits per heavy atom. The van der Waals surface area contributed by atoms with Crippen LogP contribution in [-0.2, 0) is 4.74 Å². The minimum atomic E-state index is -1.19. The summed E-state index contributed by atoms with van der Waals surface area (Å²) >= 11 is 0. The smallest absolute Gasteiger partial charge is 0.407 e. The van der Waals surface area contributed by atoms with Gasteiger partial charge in [-0.2, -0.15) is 0 Å². The Morgan fingerprint density at radius 3 is 2.65 bits per heavy atom. The third-order valence-corrected chi connectivity index (χ3v) is 2.34. The fourth-order valence-electron chi connectivity index (χ4n) is 1.47. The van der Waals surface area contributed by atoms with Gasteiger partial charge in [0, 0.05) is 24.5 Å². The number of ether oxygens (including phenoxy) is 1. The predicted octanol–water partition coefficient (Wildman–Crippen LogP) is 0.583. The molecule has 0 saturated heterocycles. The van der Waals surface area contributed by atoms with Crippen molar-refractivity contribution in [3.05, 3.63) is 24.0 Å². The van der Waals surface area contributed by atoms with Crippen LogP contribution in [0.15, 0.2) is 18.5 Å². The number of aromatic nitrogens is 1. The van der Waals surface area contributed by atoms with Gasteiger partial charge in [-0.3, -0.25) is 4.98 Å². The highest BCUT2D eigenvalue weighted by molar-refractivity contribution is 5.67. The van der Waals surface area contributed by atoms with E-state index < -0.39 is 23.9 Å². The van der Waals surface area contributed by atoms with Crippen molar-refractivity contribution in [1.29, 1.82) is 0 Å². The second kappa shape index (κ2) is 6.53. The molecule has 1 amide bonds. The number of nitrogens with two attached hydrogens (primary N) is 1. The van der Waals surface area contributed by atoms with E-state index in [-0.39, 0.29) is 6.54 Å². The number of nitrogen functional groups attached to an aromatic ring is 1. The summed E-state index contributed by atoms with van der Waals surface area (Å²) in [6, 6.07) is 1.51. The number of carbonyl (C=O) groups excluding carboxylic acids is 1. The Kier molecular flexibility index (Phi) is 5.29. The molecule has 1 aromatic rings. The first-order valence-corrected chi connectivity index (χ1v) is 6.22. The minimum Gasteiger partial charge on any atom is -0.444 e. The monoisotopic (exact) mass is 283 g/mol. The molecule has 0 aliphatic rings. The normalized spacial score (nSPS) is 14.4. The molecule has 0 fully saturated rings. The maximum absolute atomic E-state index is 11.4. The van der Waals surface area contributed by atoms with Crippen molar-refractivity contribution in [1.82, 2.24) is 10.3 Å². The second-order valence-corrected chi connectivity index (χ2v) is 5.45. The Balaban J connectivity index is 2.50. The van der Waals surface area contributed by atoms with E-state index in [0.717, 1.165) is 0 Å². The number of nitrogens with one attached hydrogen (secondary N) is 1. The van der Waals surface area contributed by atoms with Gasteiger partial charge < -0.3 is 26.0 Å². The molecule has 0 aromatic carbocycles. The zero-order valence-corrected chi connectivity index (χ0v) is 11.8. The lowest BCUT2D eigenvalue weighted by Crippen LogP contribution is -2.38. The number of alkyl carbamates (subject to hydrolysis) is 1. The van der Waals surface area contributed by atoms with E-state index in [4.69, 9.17) is 10.5 Å². The van der Waals surface area contributed by atoms with Crippen LogP contribution in [0.3, 0.4) is 0 Å². The van der Waals surface area contributed by atoms with Gasteiger partial charge in [0.2, 0.25) is 0 Å². The van der Waals surface area contributed by atoms with Gasteiger partial charge in [0.25, 0.3) is 0 Å². The first-order chi connectivity index (χ1) is 9.19. The average Bonchev–Trinajstić information content (AvgIpc) is 2.33. The lowest BCUT2D eigenvalue weighted by Gasteiger charge is -2.22. The van der Waals surface area contributed by atoms with E-state index >= 15 is 0 Å². The molecule has 1 aromatic heterocycles. The van der Waals surface area contributed by atoms with E-state index in [9.17, 15) is 15.0 Å². The van der Waals surface area contributed by atoms with Crippen molar-refractivity contribution in [2.24, 2.45) is 0 Å². The third kappa shape index (κ3) is 5.41. The molecule has 0 aliphatic carbocycles. The molecular weight excluding hydrogens is 262 g/mol. The van der Waals surface area contributed by atoms with Gasteiger partial charge in [0.15, 0.2) is 0 Å². The van der Waals surface area contributed by atoms with Crippen LogP contribution in [-0.4, -0.2) is 39.5 Å². The van der Waals surface area contributed by atoms with Crippen molar-refractivity contribution < 1.29 is 19.7 Å². The topological polar surface area (TPSA) is 118 Å². The number of aliphatic hydroxyl groups is 2. The summed E-state index contributed by atoms with van der Waals surface area (Å²) in [6.45, 7) is 5.05. The molecule has 0 radical (unpaired) electrons. The molecule has 7 nitrogen and oxygen atoms in total. The zero-order chi connectivity index (χ0) is 15.3. The Morgan fingerprint density at radius 2 is 2.10 bits per heavy atom. The number of hydrogen-bond donors (Lipinski definition) is 4. The highest BCUT2D eigenvalue weighted by atomic mass is 16.6. The van der Waals surface area contributed by atoms with Gasteiger partial charge >= 0.3 is 6.09 Å². The lowest BCUT2D eigenvalue weighted by molar-refractivity contribution is 0.0128. The number of pyridine rings is 1.